The fraction of sp³-hybridized carbons (Fsp3) is 0.500. The molecule has 0 radical (unpaired) electrons. The van der Waals surface area contributed by atoms with Crippen LogP contribution in [0.15, 0.2) is 42.5 Å². The summed E-state index contributed by atoms with van der Waals surface area (Å²) in [6, 6.07) is 13.0. The molecule has 1 unspecified atom stereocenters. The molecule has 2 aromatic rings. The molecule has 3 amide bonds. The minimum absolute atomic E-state index is 0.0154. The Morgan fingerprint density at radius 1 is 1.00 bits per heavy atom. The van der Waals surface area contributed by atoms with Gasteiger partial charge in [0.15, 0.2) is 0 Å². The molecule has 0 aromatic heterocycles. The average Bonchev–Trinajstić information content (AvgIpc) is 3.18. The molecule has 3 aliphatic heterocycles. The Bertz CT molecular complexity index is 1240. The molecule has 4 aliphatic rings. The summed E-state index contributed by atoms with van der Waals surface area (Å²) in [6.07, 6.45) is 5.97. The van der Waals surface area contributed by atoms with Crippen molar-refractivity contribution in [3.8, 4) is 5.75 Å². The van der Waals surface area contributed by atoms with E-state index in [1.54, 1.807) is 17.0 Å². The predicted molar refractivity (Wildman–Crippen MR) is 139 cm³/mol. The van der Waals surface area contributed by atoms with Gasteiger partial charge in [-0.15, -0.1) is 0 Å². The number of imide groups is 1. The van der Waals surface area contributed by atoms with Gasteiger partial charge in [-0.3, -0.25) is 24.6 Å². The Morgan fingerprint density at radius 2 is 1.84 bits per heavy atom. The highest BCUT2D eigenvalue weighted by Crippen LogP contribution is 2.36. The highest BCUT2D eigenvalue weighted by Gasteiger charge is 2.39. The van der Waals surface area contributed by atoms with Gasteiger partial charge in [0.2, 0.25) is 11.8 Å². The molecule has 200 valence electrons. The molecule has 1 saturated carbocycles. The van der Waals surface area contributed by atoms with E-state index in [9.17, 15) is 18.8 Å². The number of nitrogens with one attached hydrogen (secondary N) is 1. The van der Waals surface area contributed by atoms with Crippen molar-refractivity contribution in [1.29, 1.82) is 0 Å². The van der Waals surface area contributed by atoms with E-state index in [0.29, 0.717) is 49.9 Å². The zero-order valence-electron chi connectivity index (χ0n) is 21.5. The third-order valence-corrected chi connectivity index (χ3v) is 8.71. The van der Waals surface area contributed by atoms with Gasteiger partial charge in [0, 0.05) is 56.0 Å². The lowest BCUT2D eigenvalue weighted by Crippen LogP contribution is -2.57. The van der Waals surface area contributed by atoms with Crippen LogP contribution in [-0.2, 0) is 16.1 Å². The second-order valence-electron chi connectivity index (χ2n) is 11.2. The number of halogens is 1. The minimum atomic E-state index is -0.229. The number of nitrogens with zero attached hydrogens (tertiary/aromatic N) is 2. The molecule has 0 bridgehead atoms. The molecule has 0 spiro atoms. The van der Waals surface area contributed by atoms with Crippen LogP contribution in [0.25, 0.3) is 0 Å². The quantitative estimate of drug-likeness (QED) is 0.560. The van der Waals surface area contributed by atoms with Crippen LogP contribution in [0, 0.1) is 11.7 Å². The summed E-state index contributed by atoms with van der Waals surface area (Å²) in [4.78, 5) is 40.7. The molecular formula is C30H34FN3O4. The first kappa shape index (κ1) is 25.0. The van der Waals surface area contributed by atoms with Crippen LogP contribution in [0.2, 0.25) is 0 Å². The number of piperidine rings is 1. The van der Waals surface area contributed by atoms with E-state index in [1.165, 1.54) is 12.5 Å². The maximum Gasteiger partial charge on any atom is 0.254 e. The van der Waals surface area contributed by atoms with Crippen molar-refractivity contribution in [3.05, 3.63) is 65.0 Å². The second kappa shape index (κ2) is 10.5. The lowest BCUT2D eigenvalue weighted by Gasteiger charge is -2.48. The predicted octanol–water partition coefficient (Wildman–Crippen LogP) is 4.01. The highest BCUT2D eigenvalue weighted by molar-refractivity contribution is 5.99. The van der Waals surface area contributed by atoms with Gasteiger partial charge in [0.25, 0.3) is 5.91 Å². The Labute approximate surface area is 222 Å². The monoisotopic (exact) mass is 519 g/mol. The maximum atomic E-state index is 13.7. The standard InChI is InChI=1S/C30H34FN3O4/c31-23-5-3-4-20(14-23)22-17-34(18-22)26-6-1-2-7-27(26)38-24-9-10-25-21(15-24)16-33(30(25)37)13-12-19-8-11-28(35)32-29(19)36/h3-5,9-10,14-15,19,22,26-27H,1-2,6-8,11-13,16-18H2,(H,32,35,36)/t19?,26-,27-/m0/s1. The van der Waals surface area contributed by atoms with Crippen molar-refractivity contribution < 1.29 is 23.5 Å². The van der Waals surface area contributed by atoms with E-state index in [-0.39, 0.29) is 35.6 Å². The van der Waals surface area contributed by atoms with Gasteiger partial charge in [-0.2, -0.15) is 0 Å². The summed E-state index contributed by atoms with van der Waals surface area (Å²) in [5.41, 5.74) is 2.72. The smallest absolute Gasteiger partial charge is 0.254 e. The highest BCUT2D eigenvalue weighted by atomic mass is 19.1. The van der Waals surface area contributed by atoms with Crippen LogP contribution < -0.4 is 10.1 Å². The summed E-state index contributed by atoms with van der Waals surface area (Å²) in [5.74, 6) is 0.293. The van der Waals surface area contributed by atoms with Gasteiger partial charge < -0.3 is 9.64 Å². The van der Waals surface area contributed by atoms with E-state index in [4.69, 9.17) is 4.74 Å². The molecule has 1 aliphatic carbocycles. The van der Waals surface area contributed by atoms with Crippen molar-refractivity contribution in [2.45, 2.75) is 69.6 Å². The van der Waals surface area contributed by atoms with Crippen molar-refractivity contribution in [1.82, 2.24) is 15.1 Å². The number of hydrogen-bond donors (Lipinski definition) is 1. The van der Waals surface area contributed by atoms with Crippen molar-refractivity contribution in [3.63, 3.8) is 0 Å². The largest absolute Gasteiger partial charge is 0.489 e. The summed E-state index contributed by atoms with van der Waals surface area (Å²) in [7, 11) is 0. The van der Waals surface area contributed by atoms with Crippen LogP contribution in [0.5, 0.6) is 5.75 Å². The van der Waals surface area contributed by atoms with Crippen molar-refractivity contribution in [2.75, 3.05) is 19.6 Å². The fourth-order valence-corrected chi connectivity index (χ4v) is 6.50. The van der Waals surface area contributed by atoms with E-state index in [1.807, 2.05) is 24.3 Å². The first-order valence-corrected chi connectivity index (χ1v) is 13.9. The summed E-state index contributed by atoms with van der Waals surface area (Å²) in [5, 5.41) is 2.40. The Balaban J connectivity index is 1.06. The van der Waals surface area contributed by atoms with E-state index in [2.05, 4.69) is 10.2 Å². The number of ether oxygens (including phenoxy) is 1. The third kappa shape index (κ3) is 5.06. The molecule has 7 nitrogen and oxygen atoms in total. The number of fused-ring (bicyclic) bond motifs is 1. The topological polar surface area (TPSA) is 79.0 Å². The van der Waals surface area contributed by atoms with E-state index >= 15 is 0 Å². The SMILES string of the molecule is O=C1CCC(CCN2Cc3cc(O[C@H]4CCCC[C@@H]4N4CC(c5cccc(F)c5)C4)ccc3C2=O)C(=O)N1. The second-order valence-corrected chi connectivity index (χ2v) is 11.2. The Kier molecular flexibility index (Phi) is 6.91. The van der Waals surface area contributed by atoms with Crippen LogP contribution >= 0.6 is 0 Å². The normalized spacial score (nSPS) is 26.2. The van der Waals surface area contributed by atoms with Gasteiger partial charge in [-0.25, -0.2) is 4.39 Å². The third-order valence-electron chi connectivity index (χ3n) is 8.71. The Hall–Kier alpha value is -3.26. The van der Waals surface area contributed by atoms with Crippen molar-refractivity contribution in [2.24, 2.45) is 5.92 Å². The first-order chi connectivity index (χ1) is 18.4. The average molecular weight is 520 g/mol. The van der Waals surface area contributed by atoms with Gasteiger partial charge in [0.05, 0.1) is 0 Å². The van der Waals surface area contributed by atoms with Gasteiger partial charge in [0.1, 0.15) is 17.7 Å². The molecule has 2 saturated heterocycles. The fourth-order valence-electron chi connectivity index (χ4n) is 6.50. The number of likely N-dealkylation sites (tertiary alicyclic amines) is 1. The lowest BCUT2D eigenvalue weighted by atomic mass is 9.84. The van der Waals surface area contributed by atoms with E-state index in [0.717, 1.165) is 49.2 Å². The number of rotatable bonds is 7. The minimum Gasteiger partial charge on any atom is -0.489 e. The molecular weight excluding hydrogens is 485 g/mol. The Morgan fingerprint density at radius 3 is 2.66 bits per heavy atom. The summed E-state index contributed by atoms with van der Waals surface area (Å²) in [6.45, 7) is 2.85. The zero-order valence-corrected chi connectivity index (χ0v) is 21.5. The lowest BCUT2D eigenvalue weighted by molar-refractivity contribution is -0.136. The molecule has 8 heteroatoms. The molecule has 3 atom stereocenters. The number of carbonyl (C=O) groups is 3. The van der Waals surface area contributed by atoms with Gasteiger partial charge in [-0.1, -0.05) is 18.6 Å². The van der Waals surface area contributed by atoms with Gasteiger partial charge >= 0.3 is 0 Å². The summed E-state index contributed by atoms with van der Waals surface area (Å²) < 4.78 is 20.2. The zero-order chi connectivity index (χ0) is 26.2. The summed E-state index contributed by atoms with van der Waals surface area (Å²) >= 11 is 0. The van der Waals surface area contributed by atoms with Gasteiger partial charge in [-0.05, 0) is 73.6 Å². The molecule has 6 rings (SSSR count). The number of carbonyl (C=O) groups excluding carboxylic acids is 3. The van der Waals surface area contributed by atoms with Crippen LogP contribution in [0.4, 0.5) is 4.39 Å². The molecule has 38 heavy (non-hydrogen) atoms. The van der Waals surface area contributed by atoms with Crippen molar-refractivity contribution >= 4 is 17.7 Å². The molecule has 2 aromatic carbocycles. The first-order valence-electron chi connectivity index (χ1n) is 13.9. The molecule has 1 N–H and O–H groups in total. The number of hydrogen-bond acceptors (Lipinski definition) is 5. The van der Waals surface area contributed by atoms with Crippen LogP contribution in [-0.4, -0.2) is 59.3 Å². The molecule has 3 heterocycles. The van der Waals surface area contributed by atoms with Crippen LogP contribution in [0.3, 0.4) is 0 Å². The van der Waals surface area contributed by atoms with E-state index < -0.39 is 0 Å². The number of benzene rings is 2. The maximum absolute atomic E-state index is 13.7. The molecule has 3 fully saturated rings. The number of amides is 3. The van der Waals surface area contributed by atoms with Crippen LogP contribution in [0.1, 0.15) is 72.3 Å².